The minimum atomic E-state index is -4.65. The topological polar surface area (TPSA) is 121 Å². The Hall–Kier alpha value is -3.15. The average Bonchev–Trinajstić information content (AvgIpc) is 3.19. The lowest BCUT2D eigenvalue weighted by molar-refractivity contribution is -0.136. The van der Waals surface area contributed by atoms with E-state index in [2.05, 4.69) is 30.9 Å². The highest BCUT2D eigenvalue weighted by atomic mass is 19.4. The molecule has 1 saturated heterocycles. The van der Waals surface area contributed by atoms with Crippen LogP contribution in [0.25, 0.3) is 0 Å². The number of hydrogen-bond acceptors (Lipinski definition) is 8. The Balaban J connectivity index is 2.00. The number of primary amides is 1. The van der Waals surface area contributed by atoms with Gasteiger partial charge in [-0.2, -0.15) is 28.1 Å². The van der Waals surface area contributed by atoms with Crippen LogP contribution in [-0.2, 0) is 6.18 Å². The molecule has 32 heavy (non-hydrogen) atoms. The highest BCUT2D eigenvalue weighted by Crippen LogP contribution is 2.36. The number of nitrogens with one attached hydrogen (secondary N) is 3. The monoisotopic (exact) mass is 452 g/mol. The summed E-state index contributed by atoms with van der Waals surface area (Å²) in [5.41, 5.74) is 3.85. The normalized spacial score (nSPS) is 16.3. The van der Waals surface area contributed by atoms with Gasteiger partial charge in [-0.05, 0) is 37.1 Å². The molecule has 0 spiro atoms. The van der Waals surface area contributed by atoms with E-state index in [0.717, 1.165) is 37.7 Å². The molecule has 0 aliphatic carbocycles. The Morgan fingerprint density at radius 3 is 2.59 bits per heavy atom. The first kappa shape index (κ1) is 23.5. The Morgan fingerprint density at radius 1 is 1.28 bits per heavy atom. The number of carbonyl (C=O) groups excluding carboxylic acids is 1. The maximum atomic E-state index is 13.5. The van der Waals surface area contributed by atoms with Gasteiger partial charge in [0.25, 0.3) is 0 Å². The first-order valence-electron chi connectivity index (χ1n) is 10.3. The fourth-order valence-electron chi connectivity index (χ4n) is 3.41. The molecule has 1 aromatic heterocycles. The van der Waals surface area contributed by atoms with Gasteiger partial charge >= 0.3 is 6.18 Å². The van der Waals surface area contributed by atoms with Crippen molar-refractivity contribution in [2.45, 2.75) is 32.5 Å². The van der Waals surface area contributed by atoms with Crippen molar-refractivity contribution in [1.82, 2.24) is 20.3 Å². The number of alkyl halides is 3. The smallest absolute Gasteiger partial charge is 0.366 e. The van der Waals surface area contributed by atoms with Crippen LogP contribution in [0.1, 0.15) is 36.2 Å². The summed E-state index contributed by atoms with van der Waals surface area (Å²) >= 11 is 0. The lowest BCUT2D eigenvalue weighted by Crippen LogP contribution is -2.27. The van der Waals surface area contributed by atoms with E-state index in [1.54, 1.807) is 11.9 Å². The van der Waals surface area contributed by atoms with Crippen molar-refractivity contribution in [2.24, 2.45) is 11.7 Å². The van der Waals surface area contributed by atoms with E-state index in [0.29, 0.717) is 18.4 Å². The summed E-state index contributed by atoms with van der Waals surface area (Å²) in [5, 5.41) is 9.04. The Morgan fingerprint density at radius 2 is 2.00 bits per heavy atom. The van der Waals surface area contributed by atoms with Gasteiger partial charge in [-0.25, -0.2) is 0 Å². The van der Waals surface area contributed by atoms with Crippen LogP contribution in [0, 0.1) is 5.92 Å². The first-order valence-corrected chi connectivity index (χ1v) is 10.3. The van der Waals surface area contributed by atoms with Gasteiger partial charge in [-0.1, -0.05) is 13.8 Å². The summed E-state index contributed by atoms with van der Waals surface area (Å²) in [4.78, 5) is 26.3. The zero-order chi connectivity index (χ0) is 23.5. The predicted octanol–water partition coefficient (Wildman–Crippen LogP) is 2.60. The number of nitrogens with zero attached hydrogens (tertiary/aromatic N) is 4. The molecule has 9 nitrogen and oxygen atoms in total. The van der Waals surface area contributed by atoms with Gasteiger partial charge in [-0.3, -0.25) is 4.79 Å². The molecule has 0 bridgehead atoms. The highest BCUT2D eigenvalue weighted by Gasteiger charge is 2.34. The molecule has 1 fully saturated rings. The summed E-state index contributed by atoms with van der Waals surface area (Å²) in [5.74, 6) is -0.0459. The van der Waals surface area contributed by atoms with Crippen LogP contribution in [0.2, 0.25) is 0 Å². The molecular weight excluding hydrogens is 425 g/mol. The summed E-state index contributed by atoms with van der Waals surface area (Å²) in [6.45, 7) is 6.28. The molecule has 2 heterocycles. The molecule has 2 aromatic rings. The maximum Gasteiger partial charge on any atom is 0.418 e. The number of nitrogens with two attached hydrogens (primary N) is 1. The first-order chi connectivity index (χ1) is 15.0. The predicted molar refractivity (Wildman–Crippen MR) is 116 cm³/mol. The van der Waals surface area contributed by atoms with E-state index < -0.39 is 17.6 Å². The van der Waals surface area contributed by atoms with Crippen LogP contribution < -0.4 is 26.6 Å². The van der Waals surface area contributed by atoms with Gasteiger partial charge in [0.15, 0.2) is 0 Å². The zero-order valence-corrected chi connectivity index (χ0v) is 18.1. The number of amides is 1. The van der Waals surface area contributed by atoms with Crippen molar-refractivity contribution >= 4 is 29.4 Å². The summed E-state index contributed by atoms with van der Waals surface area (Å²) in [6.07, 6.45) is -3.79. The van der Waals surface area contributed by atoms with Crippen LogP contribution >= 0.6 is 0 Å². The molecule has 3 rings (SSSR count). The largest absolute Gasteiger partial charge is 0.418 e. The third-order valence-electron chi connectivity index (χ3n) is 4.85. The van der Waals surface area contributed by atoms with Gasteiger partial charge < -0.3 is 26.6 Å². The van der Waals surface area contributed by atoms with Crippen molar-refractivity contribution in [3.05, 3.63) is 29.3 Å². The number of halogens is 3. The third kappa shape index (κ3) is 5.96. The molecular formula is C20H27F3N8O. The van der Waals surface area contributed by atoms with Gasteiger partial charge in [0.05, 0.1) is 11.3 Å². The Bertz CT molecular complexity index is 960. The zero-order valence-electron chi connectivity index (χ0n) is 18.1. The van der Waals surface area contributed by atoms with Crippen LogP contribution in [0.4, 0.5) is 36.7 Å². The number of rotatable bonds is 8. The van der Waals surface area contributed by atoms with Gasteiger partial charge in [0.1, 0.15) is 0 Å². The molecule has 12 heteroatoms. The average molecular weight is 452 g/mol. The van der Waals surface area contributed by atoms with E-state index in [-0.39, 0.29) is 29.2 Å². The second-order valence-electron chi connectivity index (χ2n) is 8.14. The number of benzene rings is 1. The van der Waals surface area contributed by atoms with Crippen molar-refractivity contribution in [3.8, 4) is 0 Å². The Labute approximate surface area is 184 Å². The fourth-order valence-corrected chi connectivity index (χ4v) is 3.41. The van der Waals surface area contributed by atoms with Crippen molar-refractivity contribution < 1.29 is 18.0 Å². The summed E-state index contributed by atoms with van der Waals surface area (Å²) < 4.78 is 40.6. The number of aromatic nitrogens is 3. The van der Waals surface area contributed by atoms with Crippen LogP contribution in [0.15, 0.2) is 18.2 Å². The van der Waals surface area contributed by atoms with Crippen LogP contribution in [0.3, 0.4) is 0 Å². The van der Waals surface area contributed by atoms with Crippen molar-refractivity contribution in [2.75, 3.05) is 42.2 Å². The van der Waals surface area contributed by atoms with Crippen LogP contribution in [0.5, 0.6) is 0 Å². The van der Waals surface area contributed by atoms with Crippen molar-refractivity contribution in [3.63, 3.8) is 0 Å². The van der Waals surface area contributed by atoms with Gasteiger partial charge in [0, 0.05) is 31.7 Å². The fraction of sp³-hybridized carbons (Fsp3) is 0.500. The maximum absolute atomic E-state index is 13.5. The summed E-state index contributed by atoms with van der Waals surface area (Å²) in [7, 11) is 1.80. The lowest BCUT2D eigenvalue weighted by atomic mass is 10.1. The molecule has 5 N–H and O–H groups in total. The van der Waals surface area contributed by atoms with E-state index in [9.17, 15) is 18.0 Å². The number of anilines is 4. The van der Waals surface area contributed by atoms with E-state index in [1.165, 1.54) is 0 Å². The second kappa shape index (κ2) is 9.55. The summed E-state index contributed by atoms with van der Waals surface area (Å²) in [6, 6.07) is 2.97. The van der Waals surface area contributed by atoms with E-state index >= 15 is 0 Å². The van der Waals surface area contributed by atoms with E-state index in [1.807, 2.05) is 13.8 Å². The van der Waals surface area contributed by atoms with Crippen LogP contribution in [-0.4, -0.2) is 53.6 Å². The minimum absolute atomic E-state index is 0.0675. The van der Waals surface area contributed by atoms with Gasteiger partial charge in [0.2, 0.25) is 23.8 Å². The molecule has 1 atom stereocenters. The standard InChI is InChI=1S/C20H27F3N8O/c1-11(2)10-31(3)19-29-17(26-13-6-7-25-9-13)28-18(30-19)27-15-8-12(16(24)32)4-5-14(15)20(21,22)23/h4-5,8,11,13,25H,6-7,9-10H2,1-3H3,(H2,24,32)(H2,26,27,28,29,30). The molecule has 1 aliphatic rings. The molecule has 1 aliphatic heterocycles. The van der Waals surface area contributed by atoms with Crippen molar-refractivity contribution in [1.29, 1.82) is 0 Å². The molecule has 1 unspecified atom stereocenters. The SMILES string of the molecule is CC(C)CN(C)c1nc(Nc2cc(C(N)=O)ccc2C(F)(F)F)nc(NC2CCNC2)n1. The molecule has 1 aromatic carbocycles. The molecule has 0 radical (unpaired) electrons. The quantitative estimate of drug-likeness (QED) is 0.482. The Kier molecular flexibility index (Phi) is 7.02. The van der Waals surface area contributed by atoms with E-state index in [4.69, 9.17) is 5.73 Å². The third-order valence-corrected chi connectivity index (χ3v) is 4.85. The van der Waals surface area contributed by atoms with Gasteiger partial charge in [-0.15, -0.1) is 0 Å². The number of hydrogen-bond donors (Lipinski definition) is 4. The lowest BCUT2D eigenvalue weighted by Gasteiger charge is -2.21. The number of carbonyl (C=O) groups is 1. The highest BCUT2D eigenvalue weighted by molar-refractivity contribution is 5.94. The molecule has 1 amide bonds. The second-order valence-corrected chi connectivity index (χ2v) is 8.14. The molecule has 0 saturated carbocycles. The minimum Gasteiger partial charge on any atom is -0.366 e. The molecule has 174 valence electrons.